The Hall–Kier alpha value is -2.85. The van der Waals surface area contributed by atoms with E-state index in [-0.39, 0.29) is 0 Å². The van der Waals surface area contributed by atoms with E-state index >= 15 is 0 Å². The number of hydrogen-bond donors (Lipinski definition) is 2. The van der Waals surface area contributed by atoms with Gasteiger partial charge in [0.2, 0.25) is 0 Å². The van der Waals surface area contributed by atoms with Gasteiger partial charge in [-0.15, -0.1) is 0 Å². The van der Waals surface area contributed by atoms with E-state index in [4.69, 9.17) is 16.9 Å². The maximum absolute atomic E-state index is 13.8. The van der Waals surface area contributed by atoms with E-state index in [0.717, 1.165) is 17.7 Å². The minimum Gasteiger partial charge on any atom is -0.374 e. The molecule has 0 bridgehead atoms. The number of hydrogen-bond acceptors (Lipinski definition) is 4. The average Bonchev–Trinajstić information content (AvgIpc) is 2.69. The molecule has 0 fully saturated rings. The van der Waals surface area contributed by atoms with Crippen LogP contribution in [0.5, 0.6) is 0 Å². The smallest absolute Gasteiger partial charge is 0.159 e. The molecule has 7 heteroatoms. The largest absolute Gasteiger partial charge is 0.374 e. The van der Waals surface area contributed by atoms with Gasteiger partial charge in [-0.2, -0.15) is 5.26 Å². The molecule has 0 saturated carbocycles. The van der Waals surface area contributed by atoms with Gasteiger partial charge in [0.15, 0.2) is 11.6 Å². The lowest BCUT2D eigenvalue weighted by Crippen LogP contribution is -2.28. The van der Waals surface area contributed by atoms with Crippen molar-refractivity contribution in [1.82, 2.24) is 10.3 Å². The first-order chi connectivity index (χ1) is 13.4. The Bertz CT molecular complexity index is 1030. The lowest BCUT2D eigenvalue weighted by Gasteiger charge is -2.23. The molecule has 2 N–H and O–H groups in total. The zero-order valence-electron chi connectivity index (χ0n) is 14.8. The Kier molecular flexibility index (Phi) is 6.00. The Morgan fingerprint density at radius 3 is 2.43 bits per heavy atom. The highest BCUT2D eigenvalue weighted by atomic mass is 35.5. The standard InChI is InChI=1S/C21H16ClF2N3O/c1-12-8-14(2-3-15(12)10-25)21(28)27-20(19-7-5-16(22)11-26-19)13-4-6-17(23)18(24)9-13/h2-9,11,20-21,27-28H,1H3/t20-,21?/m0/s1. The minimum absolute atomic E-state index is 0.387. The molecular weight excluding hydrogens is 384 g/mol. The SMILES string of the molecule is Cc1cc(C(O)N[C@@H](c2ccc(F)c(F)c2)c2ccc(Cl)cn2)ccc1C#N. The molecule has 4 nitrogen and oxygen atoms in total. The predicted octanol–water partition coefficient (Wildman–Crippen LogP) is 4.56. The summed E-state index contributed by atoms with van der Waals surface area (Å²) >= 11 is 5.89. The number of nitriles is 1. The number of nitrogens with zero attached hydrogens (tertiary/aromatic N) is 2. The molecule has 1 aromatic heterocycles. The Balaban J connectivity index is 1.96. The van der Waals surface area contributed by atoms with Gasteiger partial charge in [0, 0.05) is 6.20 Å². The van der Waals surface area contributed by atoms with Gasteiger partial charge >= 0.3 is 0 Å². The molecule has 0 aliphatic heterocycles. The fourth-order valence-corrected chi connectivity index (χ4v) is 2.95. The number of aryl methyl sites for hydroxylation is 1. The molecule has 0 amide bonds. The molecule has 28 heavy (non-hydrogen) atoms. The second-order valence-corrected chi connectivity index (χ2v) is 6.70. The topological polar surface area (TPSA) is 68.9 Å². The van der Waals surface area contributed by atoms with Crippen LogP contribution in [0.4, 0.5) is 8.78 Å². The third-order valence-corrected chi connectivity index (χ3v) is 4.56. The summed E-state index contributed by atoms with van der Waals surface area (Å²) in [5, 5.41) is 23.1. The number of aliphatic hydroxyl groups excluding tert-OH is 1. The Morgan fingerprint density at radius 2 is 1.82 bits per heavy atom. The monoisotopic (exact) mass is 399 g/mol. The molecule has 3 rings (SSSR count). The fraction of sp³-hybridized carbons (Fsp3) is 0.143. The summed E-state index contributed by atoms with van der Waals surface area (Å²) in [5.74, 6) is -1.96. The highest BCUT2D eigenvalue weighted by Crippen LogP contribution is 2.26. The number of rotatable bonds is 5. The van der Waals surface area contributed by atoms with E-state index in [2.05, 4.69) is 16.4 Å². The predicted molar refractivity (Wildman–Crippen MR) is 101 cm³/mol. The van der Waals surface area contributed by atoms with Gasteiger partial charge < -0.3 is 5.11 Å². The summed E-state index contributed by atoms with van der Waals surface area (Å²) in [6.45, 7) is 1.77. The van der Waals surface area contributed by atoms with Crippen molar-refractivity contribution in [3.8, 4) is 6.07 Å². The Morgan fingerprint density at radius 1 is 1.07 bits per heavy atom. The summed E-state index contributed by atoms with van der Waals surface area (Å²) in [6.07, 6.45) is 0.297. The first-order valence-electron chi connectivity index (χ1n) is 8.40. The van der Waals surface area contributed by atoms with Gasteiger partial charge in [-0.25, -0.2) is 8.78 Å². The van der Waals surface area contributed by atoms with Crippen molar-refractivity contribution in [1.29, 1.82) is 5.26 Å². The van der Waals surface area contributed by atoms with Crippen LogP contribution in [0.1, 0.15) is 40.2 Å². The quantitative estimate of drug-likeness (QED) is 0.617. The van der Waals surface area contributed by atoms with E-state index in [1.165, 1.54) is 12.3 Å². The number of halogens is 3. The first kappa shape index (κ1) is 19.9. The van der Waals surface area contributed by atoms with E-state index < -0.39 is 23.9 Å². The zero-order valence-corrected chi connectivity index (χ0v) is 15.6. The van der Waals surface area contributed by atoms with Crippen molar-refractivity contribution >= 4 is 11.6 Å². The van der Waals surface area contributed by atoms with Crippen molar-refractivity contribution in [2.45, 2.75) is 19.2 Å². The minimum atomic E-state index is -1.14. The molecular formula is C21H16ClF2N3O. The van der Waals surface area contributed by atoms with Crippen molar-refractivity contribution < 1.29 is 13.9 Å². The zero-order chi connectivity index (χ0) is 20.3. The van der Waals surface area contributed by atoms with Crippen LogP contribution in [-0.2, 0) is 0 Å². The third-order valence-electron chi connectivity index (χ3n) is 4.33. The summed E-state index contributed by atoms with van der Waals surface area (Å²) < 4.78 is 27.1. The first-order valence-corrected chi connectivity index (χ1v) is 8.78. The molecule has 0 spiro atoms. The molecule has 0 radical (unpaired) electrons. The summed E-state index contributed by atoms with van der Waals surface area (Å²) in [6, 6.07) is 13.0. The summed E-state index contributed by atoms with van der Waals surface area (Å²) in [5.41, 5.74) is 2.61. The van der Waals surface area contributed by atoms with E-state index in [0.29, 0.717) is 27.4 Å². The van der Waals surface area contributed by atoms with Gasteiger partial charge in [-0.3, -0.25) is 10.3 Å². The molecule has 0 aliphatic rings. The number of aromatic nitrogens is 1. The van der Waals surface area contributed by atoms with Crippen LogP contribution >= 0.6 is 11.6 Å². The van der Waals surface area contributed by atoms with Gasteiger partial charge in [0.25, 0.3) is 0 Å². The van der Waals surface area contributed by atoms with Crippen molar-refractivity contribution in [3.63, 3.8) is 0 Å². The molecule has 0 aliphatic carbocycles. The van der Waals surface area contributed by atoms with Gasteiger partial charge in [0.1, 0.15) is 6.23 Å². The van der Waals surface area contributed by atoms with Gasteiger partial charge in [0.05, 0.1) is 28.4 Å². The molecule has 2 aromatic carbocycles. The lowest BCUT2D eigenvalue weighted by molar-refractivity contribution is 0.128. The highest BCUT2D eigenvalue weighted by Gasteiger charge is 2.21. The van der Waals surface area contributed by atoms with E-state index in [1.54, 1.807) is 37.3 Å². The van der Waals surface area contributed by atoms with Crippen molar-refractivity contribution in [2.24, 2.45) is 0 Å². The fourth-order valence-electron chi connectivity index (χ4n) is 2.84. The number of pyridine rings is 1. The van der Waals surface area contributed by atoms with Crippen LogP contribution < -0.4 is 5.32 Å². The molecule has 3 aromatic rings. The molecule has 1 unspecified atom stereocenters. The molecule has 0 saturated heterocycles. The average molecular weight is 400 g/mol. The van der Waals surface area contributed by atoms with Crippen molar-refractivity contribution in [3.05, 3.63) is 99.3 Å². The summed E-state index contributed by atoms with van der Waals surface area (Å²) in [4.78, 5) is 4.23. The van der Waals surface area contributed by atoms with Crippen LogP contribution in [0.15, 0.2) is 54.7 Å². The number of nitrogens with one attached hydrogen (secondary N) is 1. The highest BCUT2D eigenvalue weighted by molar-refractivity contribution is 6.30. The van der Waals surface area contributed by atoms with E-state index in [1.807, 2.05) is 0 Å². The lowest BCUT2D eigenvalue weighted by atomic mass is 10.0. The second-order valence-electron chi connectivity index (χ2n) is 6.26. The van der Waals surface area contributed by atoms with Crippen LogP contribution in [0, 0.1) is 29.9 Å². The van der Waals surface area contributed by atoms with Crippen molar-refractivity contribution in [2.75, 3.05) is 0 Å². The Labute approximate surface area is 166 Å². The van der Waals surface area contributed by atoms with Crippen LogP contribution in [-0.4, -0.2) is 10.1 Å². The third kappa shape index (κ3) is 4.34. The number of benzene rings is 2. The number of aliphatic hydroxyl groups is 1. The van der Waals surface area contributed by atoms with Crippen LogP contribution in [0.3, 0.4) is 0 Å². The second kappa shape index (κ2) is 8.44. The van der Waals surface area contributed by atoms with Gasteiger partial charge in [-0.05, 0) is 53.9 Å². The van der Waals surface area contributed by atoms with E-state index in [9.17, 15) is 13.9 Å². The maximum Gasteiger partial charge on any atom is 0.159 e. The maximum atomic E-state index is 13.8. The molecule has 1 heterocycles. The van der Waals surface area contributed by atoms with Crippen LogP contribution in [0.2, 0.25) is 5.02 Å². The normalized spacial score (nSPS) is 13.0. The summed E-state index contributed by atoms with van der Waals surface area (Å²) in [7, 11) is 0. The molecule has 142 valence electrons. The van der Waals surface area contributed by atoms with Gasteiger partial charge in [-0.1, -0.05) is 29.8 Å². The van der Waals surface area contributed by atoms with Crippen LogP contribution in [0.25, 0.3) is 0 Å². The molecule has 2 atom stereocenters.